The molecule has 0 unspecified atom stereocenters. The zero-order valence-electron chi connectivity index (χ0n) is 11.6. The van der Waals surface area contributed by atoms with Crippen molar-refractivity contribution < 1.29 is 14.3 Å². The molecule has 1 aromatic heterocycles. The number of phenols is 1. The molecule has 2 aromatic rings. The number of nitrogens with one attached hydrogen (secondary N) is 1. The summed E-state index contributed by atoms with van der Waals surface area (Å²) in [6.07, 6.45) is 2.99. The fourth-order valence-corrected chi connectivity index (χ4v) is 1.91. The molecule has 0 atom stereocenters. The molecule has 5 heteroatoms. The fourth-order valence-electron chi connectivity index (χ4n) is 1.91. The van der Waals surface area contributed by atoms with Gasteiger partial charge in [0.2, 0.25) is 0 Å². The van der Waals surface area contributed by atoms with Crippen LogP contribution in [0.2, 0.25) is 0 Å². The molecule has 1 aromatic carbocycles. The summed E-state index contributed by atoms with van der Waals surface area (Å²) in [4.78, 5) is 11.8. The van der Waals surface area contributed by atoms with Gasteiger partial charge in [-0.05, 0) is 55.7 Å². The van der Waals surface area contributed by atoms with Gasteiger partial charge in [0.15, 0.2) is 0 Å². The maximum Gasteiger partial charge on any atom is 0.274 e. The van der Waals surface area contributed by atoms with Gasteiger partial charge in [-0.25, -0.2) is 5.43 Å². The third-order valence-electron chi connectivity index (χ3n) is 3.00. The molecule has 0 aliphatic carbocycles. The van der Waals surface area contributed by atoms with E-state index in [0.717, 1.165) is 16.7 Å². The monoisotopic (exact) mass is 272 g/mol. The van der Waals surface area contributed by atoms with E-state index < -0.39 is 0 Å². The number of benzene rings is 1. The van der Waals surface area contributed by atoms with E-state index in [1.165, 1.54) is 12.5 Å². The van der Waals surface area contributed by atoms with Crippen LogP contribution in [-0.2, 0) is 0 Å². The molecular formula is C15H16N2O3. The minimum absolute atomic E-state index is 0.278. The topological polar surface area (TPSA) is 74.8 Å². The Balaban J connectivity index is 2.08. The molecule has 0 spiro atoms. The lowest BCUT2D eigenvalue weighted by Crippen LogP contribution is -2.17. The van der Waals surface area contributed by atoms with Crippen LogP contribution in [0.1, 0.15) is 32.8 Å². The Labute approximate surface area is 116 Å². The molecular weight excluding hydrogens is 256 g/mol. The molecule has 104 valence electrons. The first-order chi connectivity index (χ1) is 9.49. The second kappa shape index (κ2) is 5.61. The molecule has 0 aliphatic heterocycles. The van der Waals surface area contributed by atoms with Gasteiger partial charge < -0.3 is 9.52 Å². The smallest absolute Gasteiger partial charge is 0.274 e. The highest BCUT2D eigenvalue weighted by molar-refractivity contribution is 5.95. The molecule has 0 saturated carbocycles. The Bertz CT molecular complexity index is 649. The first-order valence-corrected chi connectivity index (χ1v) is 6.16. The van der Waals surface area contributed by atoms with Crippen molar-refractivity contribution >= 4 is 12.1 Å². The number of hydrogen-bond acceptors (Lipinski definition) is 4. The van der Waals surface area contributed by atoms with Gasteiger partial charge in [0, 0.05) is 0 Å². The molecule has 0 saturated heterocycles. The Morgan fingerprint density at radius 3 is 2.50 bits per heavy atom. The van der Waals surface area contributed by atoms with E-state index in [1.54, 1.807) is 25.1 Å². The van der Waals surface area contributed by atoms with Crippen LogP contribution in [0.3, 0.4) is 0 Å². The van der Waals surface area contributed by atoms with Crippen LogP contribution in [0.4, 0.5) is 0 Å². The number of aryl methyl sites for hydroxylation is 3. The Kier molecular flexibility index (Phi) is 3.89. The first-order valence-electron chi connectivity index (χ1n) is 6.16. The van der Waals surface area contributed by atoms with E-state index in [-0.39, 0.29) is 11.7 Å². The van der Waals surface area contributed by atoms with Crippen molar-refractivity contribution in [2.75, 3.05) is 0 Å². The van der Waals surface area contributed by atoms with Crippen LogP contribution in [0.25, 0.3) is 0 Å². The summed E-state index contributed by atoms with van der Waals surface area (Å²) in [6, 6.07) is 5.18. The van der Waals surface area contributed by atoms with Crippen molar-refractivity contribution in [2.24, 2.45) is 5.10 Å². The van der Waals surface area contributed by atoms with Crippen molar-refractivity contribution in [3.05, 3.63) is 52.5 Å². The number of rotatable bonds is 3. The number of phenolic OH excluding ortho intramolecular Hbond substituents is 1. The third kappa shape index (κ3) is 2.88. The number of furan rings is 1. The maximum absolute atomic E-state index is 11.8. The Morgan fingerprint density at radius 2 is 1.95 bits per heavy atom. The largest absolute Gasteiger partial charge is 0.507 e. The van der Waals surface area contributed by atoms with Gasteiger partial charge >= 0.3 is 0 Å². The second-order valence-electron chi connectivity index (χ2n) is 4.59. The molecule has 1 amide bonds. The van der Waals surface area contributed by atoms with Gasteiger partial charge in [-0.3, -0.25) is 4.79 Å². The molecule has 1 heterocycles. The predicted octanol–water partition coefficient (Wildman–Crippen LogP) is 2.67. The summed E-state index contributed by atoms with van der Waals surface area (Å²) in [5.41, 5.74) is 5.24. The number of carbonyl (C=O) groups excluding carboxylic acids is 1. The minimum Gasteiger partial charge on any atom is -0.507 e. The minimum atomic E-state index is -0.320. The normalized spacial score (nSPS) is 10.9. The lowest BCUT2D eigenvalue weighted by Gasteiger charge is -2.04. The summed E-state index contributed by atoms with van der Waals surface area (Å²) in [5, 5.41) is 13.6. The van der Waals surface area contributed by atoms with E-state index in [1.807, 2.05) is 13.8 Å². The Morgan fingerprint density at radius 1 is 1.30 bits per heavy atom. The fraction of sp³-hybridized carbons (Fsp3) is 0.200. The quantitative estimate of drug-likeness (QED) is 0.666. The summed E-state index contributed by atoms with van der Waals surface area (Å²) < 4.78 is 5.05. The van der Waals surface area contributed by atoms with Crippen LogP contribution < -0.4 is 5.43 Å². The maximum atomic E-state index is 11.8. The summed E-state index contributed by atoms with van der Waals surface area (Å²) in [6.45, 7) is 5.34. The van der Waals surface area contributed by atoms with E-state index in [4.69, 9.17) is 4.42 Å². The van der Waals surface area contributed by atoms with Crippen LogP contribution in [-0.4, -0.2) is 17.2 Å². The van der Waals surface area contributed by atoms with Crippen LogP contribution in [0.5, 0.6) is 5.75 Å². The van der Waals surface area contributed by atoms with Gasteiger partial charge in [0.25, 0.3) is 5.91 Å². The molecule has 20 heavy (non-hydrogen) atoms. The zero-order chi connectivity index (χ0) is 14.7. The van der Waals surface area contributed by atoms with Crippen LogP contribution in [0.15, 0.2) is 34.0 Å². The molecule has 0 bridgehead atoms. The van der Waals surface area contributed by atoms with E-state index in [0.29, 0.717) is 11.3 Å². The highest BCUT2D eigenvalue weighted by atomic mass is 16.3. The summed E-state index contributed by atoms with van der Waals surface area (Å²) in [7, 11) is 0. The number of nitrogens with zero attached hydrogens (tertiary/aromatic N) is 1. The Hall–Kier alpha value is -2.56. The van der Waals surface area contributed by atoms with E-state index in [9.17, 15) is 9.90 Å². The summed E-state index contributed by atoms with van der Waals surface area (Å²) in [5.74, 6) is 0.508. The van der Waals surface area contributed by atoms with Crippen LogP contribution >= 0.6 is 0 Å². The molecule has 0 radical (unpaired) electrons. The SMILES string of the molecule is Cc1cc(/C=N/NC(=O)c2ccoc2C)cc(C)c1O. The van der Waals surface area contributed by atoms with Crippen molar-refractivity contribution in [3.8, 4) is 5.75 Å². The molecule has 0 fully saturated rings. The van der Waals surface area contributed by atoms with Crippen molar-refractivity contribution in [3.63, 3.8) is 0 Å². The average Bonchev–Trinajstić information content (AvgIpc) is 2.82. The number of amides is 1. The highest BCUT2D eigenvalue weighted by Gasteiger charge is 2.09. The number of aromatic hydroxyl groups is 1. The number of hydrogen-bond donors (Lipinski definition) is 2. The van der Waals surface area contributed by atoms with E-state index in [2.05, 4.69) is 10.5 Å². The summed E-state index contributed by atoms with van der Waals surface area (Å²) >= 11 is 0. The lowest BCUT2D eigenvalue weighted by molar-refractivity contribution is 0.0953. The first kappa shape index (κ1) is 13.9. The standard InChI is InChI=1S/C15H16N2O3/c1-9-6-12(7-10(2)14(9)18)8-16-17-15(19)13-4-5-20-11(13)3/h4-8,18H,1-3H3,(H,17,19)/b16-8+. The number of carbonyl (C=O) groups is 1. The zero-order valence-corrected chi connectivity index (χ0v) is 11.6. The number of hydrazone groups is 1. The van der Waals surface area contributed by atoms with Gasteiger partial charge in [-0.2, -0.15) is 5.10 Å². The van der Waals surface area contributed by atoms with Gasteiger partial charge in [0.1, 0.15) is 11.5 Å². The predicted molar refractivity (Wildman–Crippen MR) is 76.1 cm³/mol. The molecule has 5 nitrogen and oxygen atoms in total. The molecule has 2 N–H and O–H groups in total. The van der Waals surface area contributed by atoms with Gasteiger partial charge in [0.05, 0.1) is 18.0 Å². The molecule has 0 aliphatic rings. The van der Waals surface area contributed by atoms with Gasteiger partial charge in [-0.1, -0.05) is 0 Å². The third-order valence-corrected chi connectivity index (χ3v) is 3.00. The van der Waals surface area contributed by atoms with Crippen molar-refractivity contribution in [1.29, 1.82) is 0 Å². The highest BCUT2D eigenvalue weighted by Crippen LogP contribution is 2.21. The second-order valence-corrected chi connectivity index (χ2v) is 4.59. The van der Waals surface area contributed by atoms with Crippen LogP contribution in [0, 0.1) is 20.8 Å². The van der Waals surface area contributed by atoms with E-state index >= 15 is 0 Å². The van der Waals surface area contributed by atoms with Crippen molar-refractivity contribution in [1.82, 2.24) is 5.43 Å². The lowest BCUT2D eigenvalue weighted by atomic mass is 10.1. The van der Waals surface area contributed by atoms with Gasteiger partial charge in [-0.15, -0.1) is 0 Å². The average molecular weight is 272 g/mol. The van der Waals surface area contributed by atoms with Crippen molar-refractivity contribution in [2.45, 2.75) is 20.8 Å². The molecule has 2 rings (SSSR count).